The smallest absolute Gasteiger partial charge is 0.332 e. The summed E-state index contributed by atoms with van der Waals surface area (Å²) in [6, 6.07) is 8.46. The summed E-state index contributed by atoms with van der Waals surface area (Å²) in [5.41, 5.74) is 1.65. The third-order valence-corrected chi connectivity index (χ3v) is 7.71. The minimum Gasteiger partial charge on any atom is -0.494 e. The summed E-state index contributed by atoms with van der Waals surface area (Å²) in [6.45, 7) is 9.12. The summed E-state index contributed by atoms with van der Waals surface area (Å²) < 4.78 is 10.1. The van der Waals surface area contributed by atoms with Crippen molar-refractivity contribution in [1.29, 1.82) is 0 Å². The summed E-state index contributed by atoms with van der Waals surface area (Å²) in [5, 5.41) is 0. The predicted octanol–water partition coefficient (Wildman–Crippen LogP) is 3.78. The van der Waals surface area contributed by atoms with Gasteiger partial charge in [-0.25, -0.2) is 9.78 Å². The highest BCUT2D eigenvalue weighted by atomic mass is 16.5. The molecule has 3 aromatic rings. The SMILES string of the molecule is CCOc1cccc(N2CCN(CCCCCCCCCCn3cnc4c3c(=O)n(C)c(=O)n4C)CC2)c1. The van der Waals surface area contributed by atoms with E-state index < -0.39 is 0 Å². The van der Waals surface area contributed by atoms with Crippen LogP contribution in [-0.4, -0.2) is 62.9 Å². The van der Waals surface area contributed by atoms with Crippen molar-refractivity contribution in [1.82, 2.24) is 23.6 Å². The molecule has 9 nitrogen and oxygen atoms in total. The van der Waals surface area contributed by atoms with Gasteiger partial charge < -0.3 is 14.2 Å². The molecule has 0 unspecified atom stereocenters. The Labute approximate surface area is 225 Å². The number of piperazine rings is 1. The lowest BCUT2D eigenvalue weighted by Crippen LogP contribution is -2.46. The molecule has 3 heterocycles. The Kier molecular flexibility index (Phi) is 10.0. The van der Waals surface area contributed by atoms with Crippen LogP contribution >= 0.6 is 0 Å². The third kappa shape index (κ3) is 6.87. The number of aromatic nitrogens is 4. The zero-order valence-corrected chi connectivity index (χ0v) is 23.4. The number of benzene rings is 1. The standard InChI is InChI=1S/C29H44N6O3/c1-4-38-25-15-13-14-24(22-25)34-20-18-33(19-21-34)16-11-9-7-5-6-8-10-12-17-35-23-30-27-26(35)28(36)32(3)29(37)31(27)2/h13-15,22-23H,4-12,16-21H2,1-3H3. The first-order valence-corrected chi connectivity index (χ1v) is 14.3. The molecule has 1 aliphatic heterocycles. The molecule has 0 atom stereocenters. The van der Waals surface area contributed by atoms with Gasteiger partial charge in [0, 0.05) is 58.6 Å². The quantitative estimate of drug-likeness (QED) is 0.299. The monoisotopic (exact) mass is 524 g/mol. The normalized spacial score (nSPS) is 14.4. The second-order valence-electron chi connectivity index (χ2n) is 10.4. The molecule has 0 bridgehead atoms. The molecule has 2 aromatic heterocycles. The number of rotatable bonds is 14. The highest BCUT2D eigenvalue weighted by Gasteiger charge is 2.17. The van der Waals surface area contributed by atoms with Crippen LogP contribution in [0, 0.1) is 0 Å². The fourth-order valence-electron chi connectivity index (χ4n) is 5.41. The van der Waals surface area contributed by atoms with Gasteiger partial charge in [-0.3, -0.25) is 18.8 Å². The number of imidazole rings is 1. The predicted molar refractivity (Wildman–Crippen MR) is 153 cm³/mol. The van der Waals surface area contributed by atoms with Crippen LogP contribution in [0.2, 0.25) is 0 Å². The molecule has 0 aliphatic carbocycles. The largest absolute Gasteiger partial charge is 0.494 e. The topological polar surface area (TPSA) is 77.5 Å². The zero-order chi connectivity index (χ0) is 26.9. The molecular formula is C29H44N6O3. The summed E-state index contributed by atoms with van der Waals surface area (Å²) in [4.78, 5) is 34.0. The van der Waals surface area contributed by atoms with E-state index in [2.05, 4.69) is 33.0 Å². The minimum atomic E-state index is -0.338. The molecule has 0 radical (unpaired) electrons. The molecule has 1 aliphatic rings. The van der Waals surface area contributed by atoms with Gasteiger partial charge in [0.25, 0.3) is 5.56 Å². The van der Waals surface area contributed by atoms with Crippen molar-refractivity contribution in [3.8, 4) is 5.75 Å². The van der Waals surface area contributed by atoms with Crippen molar-refractivity contribution in [3.05, 3.63) is 51.4 Å². The molecule has 0 saturated carbocycles. The van der Waals surface area contributed by atoms with Gasteiger partial charge in [0.05, 0.1) is 12.9 Å². The molecule has 1 aromatic carbocycles. The van der Waals surface area contributed by atoms with Gasteiger partial charge in [0.1, 0.15) is 5.75 Å². The van der Waals surface area contributed by atoms with Crippen LogP contribution < -0.4 is 20.9 Å². The van der Waals surface area contributed by atoms with Crippen LogP contribution in [-0.2, 0) is 20.6 Å². The average molecular weight is 525 g/mol. The number of aryl methyl sites for hydroxylation is 2. The van der Waals surface area contributed by atoms with E-state index in [0.717, 1.165) is 55.9 Å². The molecular weight excluding hydrogens is 480 g/mol. The van der Waals surface area contributed by atoms with Gasteiger partial charge in [-0.2, -0.15) is 0 Å². The van der Waals surface area contributed by atoms with E-state index in [4.69, 9.17) is 4.74 Å². The Hall–Kier alpha value is -3.07. The minimum absolute atomic E-state index is 0.269. The van der Waals surface area contributed by atoms with Crippen molar-refractivity contribution < 1.29 is 4.74 Å². The second kappa shape index (κ2) is 13.6. The summed E-state index contributed by atoms with van der Waals surface area (Å²) >= 11 is 0. The molecule has 0 amide bonds. The van der Waals surface area contributed by atoms with Crippen LogP contribution in [0.3, 0.4) is 0 Å². The van der Waals surface area contributed by atoms with Crippen LogP contribution in [0.15, 0.2) is 40.2 Å². The Morgan fingerprint density at radius 3 is 2.18 bits per heavy atom. The maximum atomic E-state index is 12.5. The first-order chi connectivity index (χ1) is 18.5. The van der Waals surface area contributed by atoms with Crippen LogP contribution in [0.4, 0.5) is 5.69 Å². The van der Waals surface area contributed by atoms with Crippen molar-refractivity contribution in [3.63, 3.8) is 0 Å². The molecule has 0 N–H and O–H groups in total. The summed E-state index contributed by atoms with van der Waals surface area (Å²) in [6.07, 6.45) is 11.5. The Balaban J connectivity index is 1.05. The molecule has 4 rings (SSSR count). The Morgan fingerprint density at radius 2 is 1.50 bits per heavy atom. The highest BCUT2D eigenvalue weighted by Crippen LogP contribution is 2.22. The first kappa shape index (κ1) is 28.0. The van der Waals surface area contributed by atoms with E-state index in [1.807, 2.05) is 17.6 Å². The lowest BCUT2D eigenvalue weighted by atomic mass is 10.1. The van der Waals surface area contributed by atoms with Gasteiger partial charge in [-0.1, -0.05) is 44.6 Å². The number of nitrogens with zero attached hydrogens (tertiary/aromatic N) is 6. The number of anilines is 1. The Bertz CT molecular complexity index is 1290. The van der Waals surface area contributed by atoms with E-state index in [1.165, 1.54) is 62.4 Å². The van der Waals surface area contributed by atoms with E-state index in [9.17, 15) is 9.59 Å². The zero-order valence-electron chi connectivity index (χ0n) is 23.4. The Morgan fingerprint density at radius 1 is 0.842 bits per heavy atom. The molecule has 9 heteroatoms. The van der Waals surface area contributed by atoms with Gasteiger partial charge in [-0.05, 0) is 38.4 Å². The van der Waals surface area contributed by atoms with Gasteiger partial charge in [0.2, 0.25) is 0 Å². The average Bonchev–Trinajstić information content (AvgIpc) is 3.36. The van der Waals surface area contributed by atoms with Crippen molar-refractivity contribution in [2.24, 2.45) is 14.1 Å². The summed E-state index contributed by atoms with van der Waals surface area (Å²) in [5.74, 6) is 0.959. The van der Waals surface area contributed by atoms with E-state index in [1.54, 1.807) is 13.4 Å². The number of ether oxygens (including phenoxy) is 1. The van der Waals surface area contributed by atoms with E-state index >= 15 is 0 Å². The van der Waals surface area contributed by atoms with Crippen LogP contribution in [0.1, 0.15) is 58.3 Å². The van der Waals surface area contributed by atoms with Crippen molar-refractivity contribution in [2.75, 3.05) is 44.2 Å². The molecule has 208 valence electrons. The number of fused-ring (bicyclic) bond motifs is 1. The van der Waals surface area contributed by atoms with E-state index in [-0.39, 0.29) is 11.2 Å². The number of unbranched alkanes of at least 4 members (excludes halogenated alkanes) is 7. The van der Waals surface area contributed by atoms with Gasteiger partial charge >= 0.3 is 5.69 Å². The molecule has 0 spiro atoms. The summed E-state index contributed by atoms with van der Waals surface area (Å²) in [7, 11) is 3.18. The van der Waals surface area contributed by atoms with Crippen molar-refractivity contribution >= 4 is 16.9 Å². The molecule has 38 heavy (non-hydrogen) atoms. The maximum absolute atomic E-state index is 12.5. The maximum Gasteiger partial charge on any atom is 0.332 e. The van der Waals surface area contributed by atoms with E-state index in [0.29, 0.717) is 17.8 Å². The lowest BCUT2D eigenvalue weighted by Gasteiger charge is -2.36. The van der Waals surface area contributed by atoms with Crippen LogP contribution in [0.25, 0.3) is 11.2 Å². The second-order valence-corrected chi connectivity index (χ2v) is 10.4. The first-order valence-electron chi connectivity index (χ1n) is 14.3. The van der Waals surface area contributed by atoms with Gasteiger partial charge in [0.15, 0.2) is 11.2 Å². The highest BCUT2D eigenvalue weighted by molar-refractivity contribution is 5.69. The lowest BCUT2D eigenvalue weighted by molar-refractivity contribution is 0.251. The fraction of sp³-hybridized carbons (Fsp3) is 0.621. The fourth-order valence-corrected chi connectivity index (χ4v) is 5.41. The molecule has 1 fully saturated rings. The van der Waals surface area contributed by atoms with Crippen molar-refractivity contribution in [2.45, 2.75) is 64.8 Å². The number of hydrogen-bond donors (Lipinski definition) is 0. The van der Waals surface area contributed by atoms with Crippen LogP contribution in [0.5, 0.6) is 5.75 Å². The molecule has 1 saturated heterocycles. The number of hydrogen-bond acceptors (Lipinski definition) is 6. The van der Waals surface area contributed by atoms with Gasteiger partial charge in [-0.15, -0.1) is 0 Å². The third-order valence-electron chi connectivity index (χ3n) is 7.71.